The van der Waals surface area contributed by atoms with E-state index in [-0.39, 0.29) is 12.2 Å². The number of aliphatic hydroxyl groups excluding tert-OH is 1. The molecule has 0 spiro atoms. The van der Waals surface area contributed by atoms with Crippen LogP contribution in [0.2, 0.25) is 10.0 Å². The number of ether oxygens (including phenoxy) is 1. The molecule has 0 radical (unpaired) electrons. The van der Waals surface area contributed by atoms with Gasteiger partial charge in [0.1, 0.15) is 0 Å². The molecule has 0 unspecified atom stereocenters. The second kappa shape index (κ2) is 6.48. The number of carbonyl (C=O) groups is 1. The third-order valence-corrected chi connectivity index (χ3v) is 4.18. The summed E-state index contributed by atoms with van der Waals surface area (Å²) in [6.07, 6.45) is 0. The molecule has 0 atom stereocenters. The first-order valence-electron chi connectivity index (χ1n) is 7.32. The fourth-order valence-corrected chi connectivity index (χ4v) is 3.12. The van der Waals surface area contributed by atoms with Gasteiger partial charge in [-0.15, -0.1) is 0 Å². The van der Waals surface area contributed by atoms with Gasteiger partial charge in [-0.3, -0.25) is 0 Å². The van der Waals surface area contributed by atoms with E-state index in [4.69, 9.17) is 27.9 Å². The quantitative estimate of drug-likeness (QED) is 0.419. The molecule has 2 aromatic carbocycles. The number of halogens is 2. The van der Waals surface area contributed by atoms with Gasteiger partial charge in [0.25, 0.3) is 0 Å². The molecule has 0 fully saturated rings. The van der Waals surface area contributed by atoms with E-state index < -0.39 is 5.97 Å². The van der Waals surface area contributed by atoms with Crippen molar-refractivity contribution in [1.29, 1.82) is 0 Å². The first-order chi connectivity index (χ1) is 11.4. The summed E-state index contributed by atoms with van der Waals surface area (Å²) in [7, 11) is 0. The summed E-state index contributed by atoms with van der Waals surface area (Å²) in [6, 6.07) is 8.85. The Bertz CT molecular complexity index is 975. The lowest BCUT2D eigenvalue weighted by Gasteiger charge is -2.10. The Morgan fingerprint density at radius 3 is 2.58 bits per heavy atom. The van der Waals surface area contributed by atoms with E-state index in [1.807, 2.05) is 16.7 Å². The molecule has 0 aliphatic heterocycles. The minimum absolute atomic E-state index is 0.0575. The van der Waals surface area contributed by atoms with Crippen molar-refractivity contribution in [3.05, 3.63) is 52.5 Å². The van der Waals surface area contributed by atoms with E-state index in [2.05, 4.69) is 6.58 Å². The molecule has 3 rings (SSSR count). The minimum atomic E-state index is -0.530. The van der Waals surface area contributed by atoms with Crippen molar-refractivity contribution in [1.82, 2.24) is 4.57 Å². The van der Waals surface area contributed by atoms with E-state index in [9.17, 15) is 9.90 Å². The molecule has 4 nitrogen and oxygen atoms in total. The molecule has 0 amide bonds. The molecular weight excluding hydrogens is 349 g/mol. The highest BCUT2D eigenvalue weighted by Gasteiger charge is 2.18. The average molecular weight is 364 g/mol. The zero-order valence-electron chi connectivity index (χ0n) is 13.0. The summed E-state index contributed by atoms with van der Waals surface area (Å²) in [6.45, 7) is 5.46. The van der Waals surface area contributed by atoms with Crippen LogP contribution >= 0.6 is 23.2 Å². The molecule has 0 aliphatic rings. The van der Waals surface area contributed by atoms with Crippen LogP contribution in [0.15, 0.2) is 42.5 Å². The number of fused-ring (bicyclic) bond motifs is 3. The van der Waals surface area contributed by atoms with Crippen LogP contribution < -0.4 is 4.74 Å². The SMILES string of the molecule is C=C(C)C(=O)Oc1cc(Cl)cc2c3cc(Cl)ccc3n(CCO)c12. The van der Waals surface area contributed by atoms with Crippen molar-refractivity contribution in [2.75, 3.05) is 6.61 Å². The molecule has 0 bridgehead atoms. The molecule has 0 aliphatic carbocycles. The van der Waals surface area contributed by atoms with Crippen molar-refractivity contribution < 1.29 is 14.6 Å². The fraction of sp³-hybridized carbons (Fsp3) is 0.167. The smallest absolute Gasteiger partial charge is 0.338 e. The number of rotatable bonds is 4. The minimum Gasteiger partial charge on any atom is -0.421 e. The Kier molecular flexibility index (Phi) is 4.54. The molecule has 24 heavy (non-hydrogen) atoms. The first-order valence-corrected chi connectivity index (χ1v) is 8.07. The maximum atomic E-state index is 12.0. The van der Waals surface area contributed by atoms with Crippen molar-refractivity contribution >= 4 is 51.0 Å². The van der Waals surface area contributed by atoms with Gasteiger partial charge in [0.15, 0.2) is 5.75 Å². The van der Waals surface area contributed by atoms with Crippen LogP contribution in [-0.4, -0.2) is 22.2 Å². The summed E-state index contributed by atoms with van der Waals surface area (Å²) in [5.41, 5.74) is 1.84. The number of aromatic nitrogens is 1. The summed E-state index contributed by atoms with van der Waals surface area (Å²) in [5.74, 6) is -0.205. The maximum Gasteiger partial charge on any atom is 0.338 e. The Morgan fingerprint density at radius 2 is 1.92 bits per heavy atom. The van der Waals surface area contributed by atoms with Gasteiger partial charge in [-0.25, -0.2) is 4.79 Å². The van der Waals surface area contributed by atoms with Crippen LogP contribution in [0.5, 0.6) is 5.75 Å². The second-order valence-electron chi connectivity index (χ2n) is 5.51. The molecule has 0 saturated heterocycles. The first kappa shape index (κ1) is 16.8. The van der Waals surface area contributed by atoms with Crippen LogP contribution in [0.3, 0.4) is 0 Å². The van der Waals surface area contributed by atoms with Gasteiger partial charge in [0.05, 0.1) is 12.1 Å². The number of esters is 1. The van der Waals surface area contributed by atoms with Gasteiger partial charge in [-0.2, -0.15) is 0 Å². The number of aliphatic hydroxyl groups is 1. The predicted molar refractivity (Wildman–Crippen MR) is 97.0 cm³/mol. The second-order valence-corrected chi connectivity index (χ2v) is 6.38. The molecule has 1 heterocycles. The molecule has 1 N–H and O–H groups in total. The zero-order chi connectivity index (χ0) is 17.4. The number of hydrogen-bond donors (Lipinski definition) is 1. The lowest BCUT2D eigenvalue weighted by Crippen LogP contribution is -2.10. The highest BCUT2D eigenvalue weighted by Crippen LogP contribution is 2.38. The lowest BCUT2D eigenvalue weighted by molar-refractivity contribution is -0.130. The van der Waals surface area contributed by atoms with Crippen LogP contribution in [0.1, 0.15) is 6.92 Å². The van der Waals surface area contributed by atoms with Gasteiger partial charge < -0.3 is 14.4 Å². The largest absolute Gasteiger partial charge is 0.421 e. The summed E-state index contributed by atoms with van der Waals surface area (Å²) >= 11 is 12.3. The third kappa shape index (κ3) is 2.88. The maximum absolute atomic E-state index is 12.0. The highest BCUT2D eigenvalue weighted by atomic mass is 35.5. The summed E-state index contributed by atoms with van der Waals surface area (Å²) in [4.78, 5) is 12.0. The standard InChI is InChI=1S/C18H15Cl2NO3/c1-10(2)18(23)24-16-9-12(20)8-14-13-7-11(19)3-4-15(13)21(5-6-22)17(14)16/h3-4,7-9,22H,1,5-6H2,2H3. The molecule has 124 valence electrons. The molecule has 3 aromatic rings. The number of hydrogen-bond acceptors (Lipinski definition) is 3. The number of benzene rings is 2. The number of nitrogens with zero attached hydrogens (tertiary/aromatic N) is 1. The summed E-state index contributed by atoms with van der Waals surface area (Å²) < 4.78 is 7.35. The normalized spacial score (nSPS) is 11.2. The van der Waals surface area contributed by atoms with Gasteiger partial charge in [0.2, 0.25) is 0 Å². The van der Waals surface area contributed by atoms with Crippen LogP contribution in [0, 0.1) is 0 Å². The Labute approximate surface area is 148 Å². The fourth-order valence-electron chi connectivity index (χ4n) is 2.73. The van der Waals surface area contributed by atoms with Crippen LogP contribution in [0.25, 0.3) is 21.8 Å². The van der Waals surface area contributed by atoms with E-state index in [0.717, 1.165) is 16.3 Å². The van der Waals surface area contributed by atoms with Gasteiger partial charge in [-0.1, -0.05) is 29.8 Å². The Balaban J connectivity index is 2.38. The monoisotopic (exact) mass is 363 g/mol. The third-order valence-electron chi connectivity index (χ3n) is 3.72. The van der Waals surface area contributed by atoms with E-state index in [1.54, 1.807) is 25.1 Å². The molecular formula is C18H15Cl2NO3. The van der Waals surface area contributed by atoms with Gasteiger partial charge in [-0.05, 0) is 31.2 Å². The molecule has 1 aromatic heterocycles. The highest BCUT2D eigenvalue weighted by molar-refractivity contribution is 6.33. The van der Waals surface area contributed by atoms with Crippen molar-refractivity contribution in [3.8, 4) is 5.75 Å². The van der Waals surface area contributed by atoms with E-state index in [1.165, 1.54) is 0 Å². The summed E-state index contributed by atoms with van der Waals surface area (Å²) in [5, 5.41) is 12.1. The van der Waals surface area contributed by atoms with Crippen molar-refractivity contribution in [2.45, 2.75) is 13.5 Å². The van der Waals surface area contributed by atoms with E-state index >= 15 is 0 Å². The van der Waals surface area contributed by atoms with Crippen LogP contribution in [-0.2, 0) is 11.3 Å². The van der Waals surface area contributed by atoms with Gasteiger partial charge in [0, 0.05) is 44.5 Å². The number of carbonyl (C=O) groups excluding carboxylic acids is 1. The Morgan fingerprint density at radius 1 is 1.21 bits per heavy atom. The predicted octanol–water partition coefficient (Wildman–Crippen LogP) is 4.58. The van der Waals surface area contributed by atoms with Crippen molar-refractivity contribution in [3.63, 3.8) is 0 Å². The van der Waals surface area contributed by atoms with Crippen LogP contribution in [0.4, 0.5) is 0 Å². The van der Waals surface area contributed by atoms with Crippen molar-refractivity contribution in [2.24, 2.45) is 0 Å². The average Bonchev–Trinajstić information content (AvgIpc) is 2.81. The van der Waals surface area contributed by atoms with Gasteiger partial charge >= 0.3 is 5.97 Å². The zero-order valence-corrected chi connectivity index (χ0v) is 14.5. The Hall–Kier alpha value is -2.01. The topological polar surface area (TPSA) is 51.5 Å². The lowest BCUT2D eigenvalue weighted by atomic mass is 10.1. The molecule has 6 heteroatoms. The van der Waals surface area contributed by atoms with E-state index in [0.29, 0.717) is 27.9 Å². The molecule has 0 saturated carbocycles.